The number of alkyl halides is 3. The zero-order chi connectivity index (χ0) is 22.9. The molecule has 1 aromatic heterocycles. The molecule has 10 heteroatoms. The van der Waals surface area contributed by atoms with Gasteiger partial charge in [0.25, 0.3) is 6.47 Å². The molecule has 0 unspecified atom stereocenters. The first-order valence-corrected chi connectivity index (χ1v) is 10.8. The lowest BCUT2D eigenvalue weighted by Crippen LogP contribution is -2.46. The molecule has 6 nitrogen and oxygen atoms in total. The van der Waals surface area contributed by atoms with Gasteiger partial charge >= 0.3 is 6.18 Å². The molecule has 0 bridgehead atoms. The Balaban J connectivity index is 0.00000107. The van der Waals surface area contributed by atoms with Gasteiger partial charge in [0.1, 0.15) is 0 Å². The Hall–Kier alpha value is -2.62. The second-order valence-corrected chi connectivity index (χ2v) is 7.98. The van der Waals surface area contributed by atoms with Crippen molar-refractivity contribution in [1.82, 2.24) is 9.88 Å². The van der Waals surface area contributed by atoms with Crippen LogP contribution in [0.15, 0.2) is 35.7 Å². The van der Waals surface area contributed by atoms with E-state index in [2.05, 4.69) is 17.4 Å². The van der Waals surface area contributed by atoms with E-state index in [0.717, 1.165) is 22.9 Å². The van der Waals surface area contributed by atoms with Gasteiger partial charge in [-0.15, -0.1) is 11.3 Å². The summed E-state index contributed by atoms with van der Waals surface area (Å²) >= 11 is 1.55. The summed E-state index contributed by atoms with van der Waals surface area (Å²) in [7, 11) is 0. The van der Waals surface area contributed by atoms with Gasteiger partial charge in [0.05, 0.1) is 12.1 Å². The van der Waals surface area contributed by atoms with E-state index in [-0.39, 0.29) is 11.9 Å². The topological polar surface area (TPSA) is 82.5 Å². The summed E-state index contributed by atoms with van der Waals surface area (Å²) in [6, 6.07) is 10.0. The highest BCUT2D eigenvalue weighted by Gasteiger charge is 2.41. The van der Waals surface area contributed by atoms with Gasteiger partial charge in [-0.1, -0.05) is 30.3 Å². The number of piperidine rings is 1. The quantitative estimate of drug-likeness (QED) is 0.623. The Morgan fingerprint density at radius 3 is 2.45 bits per heavy atom. The maximum Gasteiger partial charge on any atom is 0.389 e. The molecule has 1 aliphatic rings. The maximum absolute atomic E-state index is 12.4. The highest BCUT2D eigenvalue weighted by Crippen LogP contribution is 2.42. The van der Waals surface area contributed by atoms with Crippen LogP contribution in [0.3, 0.4) is 0 Å². The van der Waals surface area contributed by atoms with Gasteiger partial charge in [0.2, 0.25) is 5.91 Å². The number of hydrogen-bond donors (Lipinski definition) is 2. The molecule has 1 fully saturated rings. The second kappa shape index (κ2) is 11.1. The van der Waals surface area contributed by atoms with E-state index in [1.54, 1.807) is 16.2 Å². The van der Waals surface area contributed by atoms with Crippen LogP contribution in [-0.4, -0.2) is 53.2 Å². The summed E-state index contributed by atoms with van der Waals surface area (Å²) in [6.45, 7) is 3.41. The van der Waals surface area contributed by atoms with Crippen LogP contribution in [0.2, 0.25) is 0 Å². The van der Waals surface area contributed by atoms with Crippen molar-refractivity contribution in [1.29, 1.82) is 0 Å². The number of anilines is 1. The standard InChI is InChI=1S/C20H24F3N3OS.CH2O2/c1-2-24-18-25-16(14-28-18)19(15-6-4-3-5-7-15)10-12-26(13-11-19)17(27)8-9-20(21,22)23;2-1-3/h3-7,14H,2,8-13H2,1H3,(H,24,25);1H,(H,2,3). The van der Waals surface area contributed by atoms with Crippen molar-refractivity contribution in [2.45, 2.75) is 44.2 Å². The number of likely N-dealkylation sites (tertiary alicyclic amines) is 1. The Bertz CT molecular complexity index is 835. The molecule has 1 amide bonds. The molecule has 1 saturated heterocycles. The molecule has 3 rings (SSSR count). The fraction of sp³-hybridized carbons (Fsp3) is 0.476. The average Bonchev–Trinajstić information content (AvgIpc) is 3.22. The molecule has 2 N–H and O–H groups in total. The van der Waals surface area contributed by atoms with Crippen molar-refractivity contribution in [2.24, 2.45) is 0 Å². The molecule has 0 atom stereocenters. The smallest absolute Gasteiger partial charge is 0.389 e. The molecule has 1 aromatic carbocycles. The maximum atomic E-state index is 12.4. The van der Waals surface area contributed by atoms with E-state index in [0.29, 0.717) is 25.9 Å². The first-order chi connectivity index (χ1) is 14.8. The summed E-state index contributed by atoms with van der Waals surface area (Å²) < 4.78 is 37.3. The number of carbonyl (C=O) groups is 2. The molecule has 31 heavy (non-hydrogen) atoms. The molecule has 2 heterocycles. The van der Waals surface area contributed by atoms with Gasteiger partial charge < -0.3 is 15.3 Å². The summed E-state index contributed by atoms with van der Waals surface area (Å²) in [6.07, 6.45) is -4.57. The number of nitrogens with one attached hydrogen (secondary N) is 1. The number of thiazole rings is 1. The highest BCUT2D eigenvalue weighted by molar-refractivity contribution is 7.13. The van der Waals surface area contributed by atoms with Crippen LogP contribution in [0.5, 0.6) is 0 Å². The van der Waals surface area contributed by atoms with Crippen LogP contribution in [0.25, 0.3) is 0 Å². The van der Waals surface area contributed by atoms with E-state index in [1.807, 2.05) is 30.5 Å². The van der Waals surface area contributed by atoms with Crippen molar-refractivity contribution < 1.29 is 27.9 Å². The zero-order valence-corrected chi connectivity index (χ0v) is 18.0. The molecular weight excluding hydrogens is 431 g/mol. The minimum atomic E-state index is -4.30. The van der Waals surface area contributed by atoms with E-state index in [4.69, 9.17) is 14.9 Å². The highest BCUT2D eigenvalue weighted by atomic mass is 32.1. The summed E-state index contributed by atoms with van der Waals surface area (Å²) in [5.41, 5.74) is 1.76. The third-order valence-corrected chi connectivity index (χ3v) is 6.04. The Morgan fingerprint density at radius 1 is 1.29 bits per heavy atom. The lowest BCUT2D eigenvalue weighted by Gasteiger charge is -2.41. The van der Waals surface area contributed by atoms with E-state index in [9.17, 15) is 18.0 Å². The number of carboxylic acid groups (broad SMARTS) is 1. The van der Waals surface area contributed by atoms with Crippen molar-refractivity contribution >= 4 is 28.8 Å². The number of amides is 1. The largest absolute Gasteiger partial charge is 0.483 e. The van der Waals surface area contributed by atoms with E-state index in [1.165, 1.54) is 0 Å². The van der Waals surface area contributed by atoms with E-state index < -0.39 is 24.9 Å². The van der Waals surface area contributed by atoms with Gasteiger partial charge in [-0.05, 0) is 25.3 Å². The normalized spacial score (nSPS) is 15.5. The second-order valence-electron chi connectivity index (χ2n) is 7.12. The van der Waals surface area contributed by atoms with Gasteiger partial charge in [0, 0.05) is 36.9 Å². The monoisotopic (exact) mass is 457 g/mol. The first-order valence-electron chi connectivity index (χ1n) is 9.93. The first kappa shape index (κ1) is 24.6. The van der Waals surface area contributed by atoms with Crippen LogP contribution in [0.1, 0.15) is 43.9 Å². The Labute approximate surface area is 183 Å². The number of nitrogens with zero attached hydrogens (tertiary/aromatic N) is 2. The van der Waals surface area contributed by atoms with Crippen molar-refractivity contribution in [3.8, 4) is 0 Å². The molecule has 0 radical (unpaired) electrons. The third-order valence-electron chi connectivity index (χ3n) is 5.24. The Morgan fingerprint density at radius 2 is 1.90 bits per heavy atom. The van der Waals surface area contributed by atoms with E-state index >= 15 is 0 Å². The van der Waals surface area contributed by atoms with Crippen LogP contribution in [-0.2, 0) is 15.0 Å². The lowest BCUT2D eigenvalue weighted by molar-refractivity contribution is -0.149. The molecular formula is C21H26F3N3O3S. The minimum Gasteiger partial charge on any atom is -0.483 e. The zero-order valence-electron chi connectivity index (χ0n) is 17.2. The number of hydrogen-bond acceptors (Lipinski definition) is 5. The van der Waals surface area contributed by atoms with Gasteiger partial charge in [0.15, 0.2) is 5.13 Å². The van der Waals surface area contributed by atoms with Crippen LogP contribution in [0.4, 0.5) is 18.3 Å². The summed E-state index contributed by atoms with van der Waals surface area (Å²) in [5, 5.41) is 13.0. The molecule has 0 spiro atoms. The minimum absolute atomic E-state index is 0.250. The molecule has 2 aromatic rings. The molecule has 170 valence electrons. The SMILES string of the molecule is CCNc1nc(C2(c3ccccc3)CCN(C(=O)CCC(F)(F)F)CC2)cs1.O=CO. The number of aromatic nitrogens is 1. The average molecular weight is 458 g/mol. The van der Waals surface area contributed by atoms with Gasteiger partial charge in [-0.25, -0.2) is 4.98 Å². The summed E-state index contributed by atoms with van der Waals surface area (Å²) in [5.74, 6) is -0.425. The van der Waals surface area contributed by atoms with Crippen LogP contribution in [0, 0.1) is 0 Å². The van der Waals surface area contributed by atoms with Gasteiger partial charge in [-0.2, -0.15) is 13.2 Å². The predicted molar refractivity (Wildman–Crippen MR) is 113 cm³/mol. The molecule has 0 aliphatic carbocycles. The lowest BCUT2D eigenvalue weighted by atomic mass is 9.70. The number of carbonyl (C=O) groups excluding carboxylic acids is 1. The van der Waals surface area contributed by atoms with Crippen molar-refractivity contribution in [2.75, 3.05) is 25.0 Å². The van der Waals surface area contributed by atoms with Crippen molar-refractivity contribution in [3.63, 3.8) is 0 Å². The Kier molecular flexibility index (Phi) is 8.85. The van der Waals surface area contributed by atoms with Crippen LogP contribution < -0.4 is 5.32 Å². The number of rotatable bonds is 6. The fourth-order valence-electron chi connectivity index (χ4n) is 3.72. The third kappa shape index (κ3) is 6.68. The van der Waals surface area contributed by atoms with Crippen LogP contribution >= 0.6 is 11.3 Å². The van der Waals surface area contributed by atoms with Gasteiger partial charge in [-0.3, -0.25) is 9.59 Å². The van der Waals surface area contributed by atoms with Crippen molar-refractivity contribution in [3.05, 3.63) is 47.0 Å². The fourth-order valence-corrected chi connectivity index (χ4v) is 4.60. The predicted octanol–water partition coefficient (Wildman–Crippen LogP) is 4.53. The number of benzene rings is 1. The molecule has 0 saturated carbocycles. The molecule has 1 aliphatic heterocycles. The summed E-state index contributed by atoms with van der Waals surface area (Å²) in [4.78, 5) is 26.9. The number of halogens is 3.